The number of hydrogen-bond acceptors (Lipinski definition) is 4. The molecule has 1 unspecified atom stereocenters. The molecule has 2 aromatic heterocycles. The van der Waals surface area contributed by atoms with Gasteiger partial charge in [-0.2, -0.15) is 13.2 Å². The monoisotopic (exact) mass is 382 g/mol. The number of carbonyl (C=O) groups excluding carboxylic acids is 1. The van der Waals surface area contributed by atoms with Gasteiger partial charge in [-0.25, -0.2) is 4.39 Å². The van der Waals surface area contributed by atoms with E-state index in [0.717, 1.165) is 16.7 Å². The van der Waals surface area contributed by atoms with Crippen LogP contribution < -0.4 is 10.1 Å². The normalized spacial score (nSPS) is 12.8. The third-order valence-electron chi connectivity index (χ3n) is 3.72. The van der Waals surface area contributed by atoms with E-state index in [4.69, 9.17) is 4.74 Å². The van der Waals surface area contributed by atoms with Crippen molar-refractivity contribution in [3.8, 4) is 5.75 Å². The van der Waals surface area contributed by atoms with E-state index in [1.165, 1.54) is 37.3 Å². The molecule has 27 heavy (non-hydrogen) atoms. The van der Waals surface area contributed by atoms with E-state index in [1.54, 1.807) is 0 Å². The molecule has 1 amide bonds. The van der Waals surface area contributed by atoms with Gasteiger partial charge in [-0.1, -0.05) is 0 Å². The molecule has 1 N–H and O–H groups in total. The lowest BCUT2D eigenvalue weighted by Crippen LogP contribution is -2.36. The molecular weight excluding hydrogens is 368 g/mol. The lowest BCUT2D eigenvalue weighted by molar-refractivity contribution is -0.138. The van der Waals surface area contributed by atoms with Gasteiger partial charge in [-0.15, -0.1) is 10.2 Å². The Labute approximate surface area is 150 Å². The molecule has 6 nitrogen and oxygen atoms in total. The Kier molecular flexibility index (Phi) is 4.98. The minimum Gasteiger partial charge on any atom is -0.481 e. The average molecular weight is 382 g/mol. The summed E-state index contributed by atoms with van der Waals surface area (Å²) in [5, 5.41) is 10.1. The number of fused-ring (bicyclic) bond motifs is 1. The lowest BCUT2D eigenvalue weighted by Gasteiger charge is -2.14. The van der Waals surface area contributed by atoms with Crippen molar-refractivity contribution in [2.24, 2.45) is 0 Å². The number of halogens is 4. The number of hydrogen-bond donors (Lipinski definition) is 1. The van der Waals surface area contributed by atoms with Crippen molar-refractivity contribution in [1.82, 2.24) is 19.9 Å². The third-order valence-corrected chi connectivity index (χ3v) is 3.72. The van der Waals surface area contributed by atoms with Crippen molar-refractivity contribution in [2.45, 2.75) is 25.7 Å². The van der Waals surface area contributed by atoms with Gasteiger partial charge in [0.2, 0.25) is 0 Å². The number of rotatable bonds is 5. The average Bonchev–Trinajstić information content (AvgIpc) is 3.03. The second-order valence-corrected chi connectivity index (χ2v) is 5.69. The molecule has 1 aromatic carbocycles. The van der Waals surface area contributed by atoms with Crippen LogP contribution in [0, 0.1) is 5.82 Å². The first-order valence-electron chi connectivity index (χ1n) is 7.85. The maximum Gasteiger partial charge on any atom is 0.417 e. The molecule has 2 heterocycles. The van der Waals surface area contributed by atoms with Crippen molar-refractivity contribution >= 4 is 11.6 Å². The van der Waals surface area contributed by atoms with Gasteiger partial charge >= 0.3 is 6.18 Å². The Morgan fingerprint density at radius 2 is 1.89 bits per heavy atom. The summed E-state index contributed by atoms with van der Waals surface area (Å²) in [7, 11) is 0. The third kappa shape index (κ3) is 4.33. The summed E-state index contributed by atoms with van der Waals surface area (Å²) in [4.78, 5) is 12.1. The number of carbonyl (C=O) groups is 1. The van der Waals surface area contributed by atoms with Crippen LogP contribution in [0.3, 0.4) is 0 Å². The SMILES string of the molecule is CC(Oc1ccc(F)cc1)C(=O)NCc1nnc2ccc(C(F)(F)F)cn12. The molecule has 3 rings (SSSR count). The summed E-state index contributed by atoms with van der Waals surface area (Å²) in [5.74, 6) is -0.500. The second kappa shape index (κ2) is 7.22. The molecule has 0 aliphatic carbocycles. The predicted octanol–water partition coefficient (Wildman–Crippen LogP) is 2.97. The van der Waals surface area contributed by atoms with Crippen LogP contribution in [0.1, 0.15) is 18.3 Å². The van der Waals surface area contributed by atoms with Gasteiger partial charge in [0, 0.05) is 6.20 Å². The van der Waals surface area contributed by atoms with Gasteiger partial charge in [0.05, 0.1) is 12.1 Å². The highest BCUT2D eigenvalue weighted by Crippen LogP contribution is 2.29. The van der Waals surface area contributed by atoms with E-state index in [2.05, 4.69) is 15.5 Å². The van der Waals surface area contributed by atoms with Crippen molar-refractivity contribution < 1.29 is 27.1 Å². The first-order valence-corrected chi connectivity index (χ1v) is 7.85. The molecule has 0 radical (unpaired) electrons. The zero-order chi connectivity index (χ0) is 19.6. The predicted molar refractivity (Wildman–Crippen MR) is 86.3 cm³/mol. The molecule has 142 valence electrons. The number of ether oxygens (including phenoxy) is 1. The highest BCUT2D eigenvalue weighted by atomic mass is 19.4. The van der Waals surface area contributed by atoms with Gasteiger partial charge in [0.1, 0.15) is 11.6 Å². The summed E-state index contributed by atoms with van der Waals surface area (Å²) < 4.78 is 57.9. The van der Waals surface area contributed by atoms with E-state index in [9.17, 15) is 22.4 Å². The molecule has 1 atom stereocenters. The molecule has 0 spiro atoms. The molecule has 0 aliphatic heterocycles. The highest BCUT2D eigenvalue weighted by molar-refractivity contribution is 5.80. The molecule has 3 aromatic rings. The number of benzene rings is 1. The van der Waals surface area contributed by atoms with E-state index in [1.807, 2.05) is 0 Å². The van der Waals surface area contributed by atoms with Gasteiger partial charge in [-0.3, -0.25) is 9.20 Å². The molecular formula is C17H14F4N4O2. The highest BCUT2D eigenvalue weighted by Gasteiger charge is 2.31. The van der Waals surface area contributed by atoms with Crippen LogP contribution in [0.4, 0.5) is 17.6 Å². The van der Waals surface area contributed by atoms with Gasteiger partial charge < -0.3 is 10.1 Å². The number of nitrogens with one attached hydrogen (secondary N) is 1. The number of alkyl halides is 3. The summed E-state index contributed by atoms with van der Waals surface area (Å²) >= 11 is 0. The summed E-state index contributed by atoms with van der Waals surface area (Å²) in [5.41, 5.74) is -0.627. The number of nitrogens with zero attached hydrogens (tertiary/aromatic N) is 3. The zero-order valence-corrected chi connectivity index (χ0v) is 14.0. The van der Waals surface area contributed by atoms with Crippen molar-refractivity contribution in [3.63, 3.8) is 0 Å². The molecule has 0 fully saturated rings. The summed E-state index contributed by atoms with van der Waals surface area (Å²) in [6, 6.07) is 7.25. The standard InChI is InChI=1S/C17H14F4N4O2/c1-10(27-13-5-3-12(18)4-6-13)16(26)22-8-15-24-23-14-7-2-11(9-25(14)15)17(19,20)21/h2-7,9-10H,8H2,1H3,(H,22,26). The summed E-state index contributed by atoms with van der Waals surface area (Å²) in [6.07, 6.45) is -4.54. The molecule has 10 heteroatoms. The second-order valence-electron chi connectivity index (χ2n) is 5.69. The fraction of sp³-hybridized carbons (Fsp3) is 0.235. The topological polar surface area (TPSA) is 68.5 Å². The van der Waals surface area contributed by atoms with E-state index in [0.29, 0.717) is 5.75 Å². The first kappa shape index (κ1) is 18.6. The van der Waals surface area contributed by atoms with Crippen LogP contribution in [0.25, 0.3) is 5.65 Å². The van der Waals surface area contributed by atoms with Gasteiger partial charge in [-0.05, 0) is 43.3 Å². The smallest absolute Gasteiger partial charge is 0.417 e. The van der Waals surface area contributed by atoms with Gasteiger partial charge in [0.15, 0.2) is 17.6 Å². The van der Waals surface area contributed by atoms with Crippen LogP contribution in [-0.4, -0.2) is 26.6 Å². The van der Waals surface area contributed by atoms with E-state index < -0.39 is 29.6 Å². The Morgan fingerprint density at radius 3 is 2.56 bits per heavy atom. The minimum absolute atomic E-state index is 0.137. The quantitative estimate of drug-likeness (QED) is 0.689. The maximum atomic E-state index is 12.9. The number of amides is 1. The molecule has 0 aliphatic rings. The fourth-order valence-corrected chi connectivity index (χ4v) is 2.31. The van der Waals surface area contributed by atoms with E-state index in [-0.39, 0.29) is 18.0 Å². The van der Waals surface area contributed by atoms with Crippen LogP contribution in [0.15, 0.2) is 42.6 Å². The van der Waals surface area contributed by atoms with Crippen LogP contribution in [0.5, 0.6) is 5.75 Å². The number of pyridine rings is 1. The fourth-order valence-electron chi connectivity index (χ4n) is 2.31. The Balaban J connectivity index is 1.66. The first-order chi connectivity index (χ1) is 12.7. The van der Waals surface area contributed by atoms with Crippen LogP contribution in [0.2, 0.25) is 0 Å². The van der Waals surface area contributed by atoms with E-state index >= 15 is 0 Å². The number of aromatic nitrogens is 3. The molecule has 0 bridgehead atoms. The molecule has 0 saturated heterocycles. The minimum atomic E-state index is -4.50. The largest absolute Gasteiger partial charge is 0.481 e. The van der Waals surface area contributed by atoms with Crippen molar-refractivity contribution in [1.29, 1.82) is 0 Å². The Morgan fingerprint density at radius 1 is 1.19 bits per heavy atom. The van der Waals surface area contributed by atoms with Crippen LogP contribution in [-0.2, 0) is 17.5 Å². The van der Waals surface area contributed by atoms with Crippen LogP contribution >= 0.6 is 0 Å². The van der Waals surface area contributed by atoms with Crippen molar-refractivity contribution in [2.75, 3.05) is 0 Å². The molecule has 0 saturated carbocycles. The zero-order valence-electron chi connectivity index (χ0n) is 14.0. The lowest BCUT2D eigenvalue weighted by atomic mass is 10.3. The maximum absolute atomic E-state index is 12.9. The van der Waals surface area contributed by atoms with Gasteiger partial charge in [0.25, 0.3) is 5.91 Å². The Hall–Kier alpha value is -3.17. The Bertz CT molecular complexity index is 954. The summed E-state index contributed by atoms with van der Waals surface area (Å²) in [6.45, 7) is 1.35. The van der Waals surface area contributed by atoms with Crippen molar-refractivity contribution in [3.05, 3.63) is 59.8 Å².